The van der Waals surface area contributed by atoms with Crippen LogP contribution in [0.4, 0.5) is 0 Å². The second kappa shape index (κ2) is 12.8. The molecule has 0 saturated carbocycles. The summed E-state index contributed by atoms with van der Waals surface area (Å²) in [6.07, 6.45) is -7.48. The smallest absolute Gasteiger partial charge is 0.328 e. The van der Waals surface area contributed by atoms with Gasteiger partial charge >= 0.3 is 5.97 Å². The molecule has 220 valence electrons. The molecule has 1 fully saturated rings. The van der Waals surface area contributed by atoms with Crippen molar-refractivity contribution < 1.29 is 53.7 Å². The number of benzene rings is 2. The number of ether oxygens (including phenoxy) is 3. The van der Waals surface area contributed by atoms with Crippen LogP contribution in [0.15, 0.2) is 51.7 Å². The average molecular weight is 592 g/mol. The van der Waals surface area contributed by atoms with Crippen LogP contribution in [0.2, 0.25) is 0 Å². The molecule has 0 spiro atoms. The predicted octanol–water partition coefficient (Wildman–Crippen LogP) is 0.468. The van der Waals surface area contributed by atoms with Gasteiger partial charge in [-0.2, -0.15) is 11.8 Å². The van der Waals surface area contributed by atoms with Crippen LogP contribution < -0.4 is 15.5 Å². The fourth-order valence-corrected chi connectivity index (χ4v) is 4.74. The van der Waals surface area contributed by atoms with Crippen LogP contribution in [-0.2, 0) is 19.1 Å². The quantitative estimate of drug-likeness (QED) is 0.148. The first-order chi connectivity index (χ1) is 19.6. The molecule has 0 unspecified atom stereocenters. The second-order valence-corrected chi connectivity index (χ2v) is 10.2. The van der Waals surface area contributed by atoms with E-state index in [2.05, 4.69) is 5.32 Å². The monoisotopic (exact) mass is 591 g/mol. The molecule has 6 N–H and O–H groups in total. The second-order valence-electron chi connectivity index (χ2n) is 9.17. The van der Waals surface area contributed by atoms with Crippen molar-refractivity contribution in [1.29, 1.82) is 0 Å². The van der Waals surface area contributed by atoms with Gasteiger partial charge in [0, 0.05) is 17.7 Å². The van der Waals surface area contributed by atoms with Crippen LogP contribution in [-0.4, -0.2) is 93.3 Å². The number of methoxy groups -OCH3 is 1. The van der Waals surface area contributed by atoms with Gasteiger partial charge in [0.05, 0.1) is 7.11 Å². The van der Waals surface area contributed by atoms with Crippen molar-refractivity contribution in [3.8, 4) is 28.6 Å². The zero-order valence-corrected chi connectivity index (χ0v) is 22.7. The highest BCUT2D eigenvalue weighted by atomic mass is 32.2. The normalized spacial score (nSPS) is 23.1. The highest BCUT2D eigenvalue weighted by molar-refractivity contribution is 7.98. The van der Waals surface area contributed by atoms with Crippen molar-refractivity contribution in [2.24, 2.45) is 0 Å². The van der Waals surface area contributed by atoms with Gasteiger partial charge < -0.3 is 49.5 Å². The molecular weight excluding hydrogens is 562 g/mol. The Labute approximate surface area is 237 Å². The summed E-state index contributed by atoms with van der Waals surface area (Å²) in [5, 5.41) is 54.6. The summed E-state index contributed by atoms with van der Waals surface area (Å²) in [4.78, 5) is 37.8. The van der Waals surface area contributed by atoms with Gasteiger partial charge in [0.2, 0.25) is 12.0 Å². The molecule has 1 saturated heterocycles. The van der Waals surface area contributed by atoms with Crippen molar-refractivity contribution in [3.63, 3.8) is 0 Å². The van der Waals surface area contributed by atoms with E-state index in [0.717, 1.165) is 19.2 Å². The van der Waals surface area contributed by atoms with E-state index in [0.29, 0.717) is 11.3 Å². The largest absolute Gasteiger partial charge is 0.504 e. The molecular formula is C27H29NO12S. The van der Waals surface area contributed by atoms with Crippen LogP contribution in [0.5, 0.6) is 17.2 Å². The summed E-state index contributed by atoms with van der Waals surface area (Å²) in [5.74, 6) is -3.39. The number of thioether (sulfide) groups is 1. The SMILES string of the molecule is COC(=O)[C@H](CCSC)NC(=O)[C@H]1O[C@@H](Oc2cc3oc(-c4ccccc4)cc(=O)c3c(O)c2O)[C@@H](O)[C@@H](O)[C@@H]1O. The van der Waals surface area contributed by atoms with Gasteiger partial charge in [0.15, 0.2) is 23.0 Å². The summed E-state index contributed by atoms with van der Waals surface area (Å²) < 4.78 is 21.5. The number of aliphatic hydroxyl groups is 3. The average Bonchev–Trinajstić information content (AvgIpc) is 2.97. The molecule has 1 amide bonds. The van der Waals surface area contributed by atoms with Gasteiger partial charge in [-0.15, -0.1) is 0 Å². The Balaban J connectivity index is 1.63. The number of esters is 1. The number of amides is 1. The predicted molar refractivity (Wildman–Crippen MR) is 146 cm³/mol. The molecule has 3 aromatic rings. The van der Waals surface area contributed by atoms with Gasteiger partial charge in [0.25, 0.3) is 5.91 Å². The van der Waals surface area contributed by atoms with Gasteiger partial charge in [-0.1, -0.05) is 30.3 Å². The van der Waals surface area contributed by atoms with E-state index in [9.17, 15) is 39.9 Å². The summed E-state index contributed by atoms with van der Waals surface area (Å²) in [7, 11) is 1.15. The number of nitrogens with one attached hydrogen (secondary N) is 1. The molecule has 41 heavy (non-hydrogen) atoms. The number of aliphatic hydroxyl groups excluding tert-OH is 3. The number of carbonyl (C=O) groups excluding carboxylic acids is 2. The van der Waals surface area contributed by atoms with Gasteiger partial charge in [0.1, 0.15) is 41.1 Å². The Hall–Kier alpha value is -3.82. The Morgan fingerprint density at radius 3 is 2.41 bits per heavy atom. The number of rotatable bonds is 9. The Morgan fingerprint density at radius 1 is 1.05 bits per heavy atom. The maximum absolute atomic E-state index is 13.0. The fourth-order valence-electron chi connectivity index (χ4n) is 4.27. The molecule has 14 heteroatoms. The summed E-state index contributed by atoms with van der Waals surface area (Å²) in [6.45, 7) is 0. The van der Waals surface area contributed by atoms with Crippen molar-refractivity contribution in [1.82, 2.24) is 5.32 Å². The minimum absolute atomic E-state index is 0.157. The molecule has 1 aliphatic rings. The van der Waals surface area contributed by atoms with Crippen molar-refractivity contribution >= 4 is 34.6 Å². The van der Waals surface area contributed by atoms with Crippen molar-refractivity contribution in [2.75, 3.05) is 19.1 Å². The van der Waals surface area contributed by atoms with Crippen LogP contribution >= 0.6 is 11.8 Å². The van der Waals surface area contributed by atoms with Crippen molar-refractivity contribution in [2.45, 2.75) is 43.2 Å². The highest BCUT2D eigenvalue weighted by Gasteiger charge is 2.48. The molecule has 4 rings (SSSR count). The lowest BCUT2D eigenvalue weighted by Gasteiger charge is -2.39. The number of aromatic hydroxyl groups is 2. The third-order valence-electron chi connectivity index (χ3n) is 6.47. The van der Waals surface area contributed by atoms with E-state index in [1.165, 1.54) is 11.8 Å². The third-order valence-corrected chi connectivity index (χ3v) is 7.12. The summed E-state index contributed by atoms with van der Waals surface area (Å²) >= 11 is 1.42. The number of fused-ring (bicyclic) bond motifs is 1. The van der Waals surface area contributed by atoms with E-state index in [1.54, 1.807) is 36.6 Å². The lowest BCUT2D eigenvalue weighted by atomic mass is 9.98. The van der Waals surface area contributed by atoms with E-state index < -0.39 is 71.3 Å². The summed E-state index contributed by atoms with van der Waals surface area (Å²) in [6, 6.07) is 9.74. The first-order valence-corrected chi connectivity index (χ1v) is 13.8. The standard InChI is InChI=1S/C27H29NO12S/c1-37-26(36)13(8-9-41-2)28-25(35)24-22(33)21(32)23(34)27(40-24)39-17-11-16-18(20(31)19(17)30)14(29)10-15(38-16)12-6-4-3-5-7-12/h3-7,10-11,13,21-24,27,30-34H,8-9H2,1-2H3,(H,28,35)/t13-,21-,22-,23-,24-,27+/m0/s1. The van der Waals surface area contributed by atoms with Crippen LogP contribution in [0.1, 0.15) is 6.42 Å². The van der Waals surface area contributed by atoms with Gasteiger partial charge in [-0.3, -0.25) is 9.59 Å². The van der Waals surface area contributed by atoms with Crippen molar-refractivity contribution in [3.05, 3.63) is 52.7 Å². The fraction of sp³-hybridized carbons (Fsp3) is 0.370. The Morgan fingerprint density at radius 2 is 1.76 bits per heavy atom. The lowest BCUT2D eigenvalue weighted by Crippen LogP contribution is -2.63. The summed E-state index contributed by atoms with van der Waals surface area (Å²) in [5.41, 5.74) is -0.284. The first kappa shape index (κ1) is 30.1. The lowest BCUT2D eigenvalue weighted by molar-refractivity contribution is -0.267. The zero-order chi connectivity index (χ0) is 29.8. The minimum atomic E-state index is -1.95. The number of phenols is 2. The highest BCUT2D eigenvalue weighted by Crippen LogP contribution is 2.42. The molecule has 6 atom stereocenters. The maximum atomic E-state index is 13.0. The van der Waals surface area contributed by atoms with Crippen LogP contribution in [0, 0.1) is 0 Å². The van der Waals surface area contributed by atoms with E-state index in [1.807, 2.05) is 0 Å². The first-order valence-electron chi connectivity index (χ1n) is 12.4. The molecule has 2 heterocycles. The van der Waals surface area contributed by atoms with Crippen LogP contribution in [0.3, 0.4) is 0 Å². The maximum Gasteiger partial charge on any atom is 0.328 e. The molecule has 0 bridgehead atoms. The van der Waals surface area contributed by atoms with E-state index >= 15 is 0 Å². The van der Waals surface area contributed by atoms with E-state index in [-0.39, 0.29) is 23.2 Å². The number of hydrogen-bond acceptors (Lipinski definition) is 13. The molecule has 0 aliphatic carbocycles. The number of hydrogen-bond donors (Lipinski definition) is 6. The molecule has 13 nitrogen and oxygen atoms in total. The molecule has 1 aromatic heterocycles. The van der Waals surface area contributed by atoms with Gasteiger partial charge in [-0.05, 0) is 18.4 Å². The van der Waals surface area contributed by atoms with E-state index in [4.69, 9.17) is 18.6 Å². The topological polar surface area (TPSA) is 205 Å². The number of carbonyl (C=O) groups is 2. The Bertz CT molecular complexity index is 1460. The molecule has 1 aliphatic heterocycles. The zero-order valence-electron chi connectivity index (χ0n) is 21.9. The van der Waals surface area contributed by atoms with Gasteiger partial charge in [-0.25, -0.2) is 4.79 Å². The molecule has 0 radical (unpaired) electrons. The Kier molecular flexibility index (Phi) is 9.40. The molecule has 2 aromatic carbocycles. The minimum Gasteiger partial charge on any atom is -0.504 e. The number of phenolic OH excluding ortho intramolecular Hbond substituents is 2. The van der Waals surface area contributed by atoms with Crippen LogP contribution in [0.25, 0.3) is 22.3 Å². The third kappa shape index (κ3) is 6.26.